The van der Waals surface area contributed by atoms with Gasteiger partial charge >= 0.3 is 5.97 Å². The van der Waals surface area contributed by atoms with Crippen LogP contribution in [0.3, 0.4) is 0 Å². The van der Waals surface area contributed by atoms with Crippen LogP contribution in [0.15, 0.2) is 29.2 Å². The molecule has 0 bridgehead atoms. The lowest BCUT2D eigenvalue weighted by Crippen LogP contribution is -2.44. The molecule has 0 radical (unpaired) electrons. The number of nitrogens with two attached hydrogens (primary N) is 1. The third-order valence-corrected chi connectivity index (χ3v) is 7.06. The number of ether oxygens (including phenoxy) is 1. The van der Waals surface area contributed by atoms with Crippen molar-refractivity contribution < 1.29 is 19.0 Å². The molecule has 8 nitrogen and oxygen atoms in total. The van der Waals surface area contributed by atoms with Gasteiger partial charge in [-0.05, 0) is 30.5 Å². The topological polar surface area (TPSA) is 120 Å². The predicted octanol–water partition coefficient (Wildman–Crippen LogP) is 2.91. The van der Waals surface area contributed by atoms with Gasteiger partial charge in [-0.2, -0.15) is 0 Å². The van der Waals surface area contributed by atoms with Crippen molar-refractivity contribution in [3.63, 3.8) is 0 Å². The Morgan fingerprint density at radius 3 is 2.76 bits per heavy atom. The van der Waals surface area contributed by atoms with Crippen LogP contribution < -0.4 is 11.3 Å². The Kier molecular flexibility index (Phi) is 4.17. The largest absolute Gasteiger partial charge is 0.458 e. The lowest BCUT2D eigenvalue weighted by atomic mass is 9.86. The minimum Gasteiger partial charge on any atom is -0.458 e. The number of cyclic esters (lactones) is 1. The van der Waals surface area contributed by atoms with Gasteiger partial charge in [0.15, 0.2) is 11.4 Å². The molecule has 2 aliphatic heterocycles. The Bertz CT molecular complexity index is 1640. The number of esters is 1. The molecule has 1 atom stereocenters. The highest BCUT2D eigenvalue weighted by Crippen LogP contribution is 2.41. The summed E-state index contributed by atoms with van der Waals surface area (Å²) in [4.78, 5) is 34.8. The molecule has 3 aromatic heterocycles. The maximum Gasteiger partial charge on any atom is 0.343 e. The summed E-state index contributed by atoms with van der Waals surface area (Å²) in [5.74, 6) is -1.29. The molecule has 6 rings (SSSR count). The quantitative estimate of drug-likeness (QED) is 0.307. The van der Waals surface area contributed by atoms with Gasteiger partial charge in [0.1, 0.15) is 12.1 Å². The van der Waals surface area contributed by atoms with E-state index in [1.165, 1.54) is 12.3 Å². The van der Waals surface area contributed by atoms with E-state index in [0.717, 1.165) is 16.5 Å². The van der Waals surface area contributed by atoms with Crippen molar-refractivity contribution >= 4 is 33.5 Å². The Morgan fingerprint density at radius 2 is 2.03 bits per heavy atom. The summed E-state index contributed by atoms with van der Waals surface area (Å²) in [5.41, 5.74) is 8.09. The monoisotopic (exact) mass is 460 g/mol. The fraction of sp³-hybridized carbons (Fsp3) is 0.280. The van der Waals surface area contributed by atoms with E-state index < -0.39 is 17.4 Å². The Balaban J connectivity index is 1.71. The van der Waals surface area contributed by atoms with Crippen LogP contribution >= 0.6 is 0 Å². The van der Waals surface area contributed by atoms with Crippen LogP contribution in [0.25, 0.3) is 33.2 Å². The highest BCUT2D eigenvalue weighted by atomic mass is 19.1. The summed E-state index contributed by atoms with van der Waals surface area (Å²) >= 11 is 0. The average molecular weight is 460 g/mol. The summed E-state index contributed by atoms with van der Waals surface area (Å²) in [6, 6.07) is 4.69. The Morgan fingerprint density at radius 1 is 1.24 bits per heavy atom. The highest BCUT2D eigenvalue weighted by molar-refractivity contribution is 6.09. The maximum atomic E-state index is 14.9. The zero-order valence-corrected chi connectivity index (χ0v) is 18.6. The van der Waals surface area contributed by atoms with E-state index in [9.17, 15) is 19.1 Å². The molecule has 2 aliphatic rings. The fourth-order valence-corrected chi connectivity index (χ4v) is 5.33. The molecule has 0 saturated carbocycles. The molecule has 0 fully saturated rings. The molecule has 172 valence electrons. The number of rotatable bonds is 2. The van der Waals surface area contributed by atoms with E-state index in [1.807, 2.05) is 6.92 Å². The van der Waals surface area contributed by atoms with E-state index in [1.54, 1.807) is 23.6 Å². The zero-order valence-electron chi connectivity index (χ0n) is 18.6. The summed E-state index contributed by atoms with van der Waals surface area (Å²) in [6.45, 7) is 3.73. The summed E-state index contributed by atoms with van der Waals surface area (Å²) in [7, 11) is 0. The van der Waals surface area contributed by atoms with Gasteiger partial charge in [0.2, 0.25) is 0 Å². The number of aryl methyl sites for hydroxylation is 1. The normalized spacial score (nSPS) is 18.6. The lowest BCUT2D eigenvalue weighted by molar-refractivity contribution is -0.172. The van der Waals surface area contributed by atoms with Crippen LogP contribution in [0.1, 0.15) is 42.5 Å². The number of hydrogen-bond acceptors (Lipinski definition) is 7. The fourth-order valence-electron chi connectivity index (χ4n) is 5.33. The minimum atomic E-state index is -1.90. The molecule has 5 heterocycles. The molecule has 1 aromatic carbocycles. The number of anilines is 1. The molecule has 34 heavy (non-hydrogen) atoms. The third-order valence-electron chi connectivity index (χ3n) is 7.06. The molecule has 0 unspecified atom stereocenters. The van der Waals surface area contributed by atoms with Crippen molar-refractivity contribution in [1.29, 1.82) is 0 Å². The number of pyridine rings is 3. The number of nitrogens with zero attached hydrogens (tertiary/aromatic N) is 3. The smallest absolute Gasteiger partial charge is 0.343 e. The van der Waals surface area contributed by atoms with Crippen molar-refractivity contribution in [2.45, 2.75) is 45.4 Å². The van der Waals surface area contributed by atoms with Gasteiger partial charge in [-0.1, -0.05) is 13.8 Å². The average Bonchev–Trinajstić information content (AvgIpc) is 3.19. The number of fused-ring (bicyclic) bond motifs is 7. The number of halogens is 1. The van der Waals surface area contributed by atoms with Crippen LogP contribution in [-0.2, 0) is 34.7 Å². The summed E-state index contributed by atoms with van der Waals surface area (Å²) in [5, 5.41) is 12.4. The lowest BCUT2D eigenvalue weighted by Gasteiger charge is -2.31. The molecule has 9 heteroatoms. The van der Waals surface area contributed by atoms with Crippen LogP contribution in [0.2, 0.25) is 0 Å². The molecule has 0 spiro atoms. The van der Waals surface area contributed by atoms with Gasteiger partial charge in [0.25, 0.3) is 5.56 Å². The van der Waals surface area contributed by atoms with Crippen molar-refractivity contribution in [3.8, 4) is 11.4 Å². The standard InChI is InChI=1S/C25H21FN4O4/c1-3-12-14-9-30-19(6-16-15(23(30)31)10-34-24(32)25(16,33)4-2)22(14)29-18-7-17(26)21-13(20(12)18)5-11(27)8-28-21/h5-8,33H,3-4,9-10,27H2,1-2H3/t25-/m0/s1. The predicted molar refractivity (Wildman–Crippen MR) is 124 cm³/mol. The van der Waals surface area contributed by atoms with Crippen molar-refractivity contribution in [1.82, 2.24) is 14.5 Å². The van der Waals surface area contributed by atoms with Gasteiger partial charge < -0.3 is 20.1 Å². The van der Waals surface area contributed by atoms with E-state index in [2.05, 4.69) is 4.98 Å². The molecule has 0 amide bonds. The second kappa shape index (κ2) is 6.83. The number of aromatic nitrogens is 3. The first-order chi connectivity index (χ1) is 16.3. The van der Waals surface area contributed by atoms with Gasteiger partial charge in [-0.3, -0.25) is 9.78 Å². The number of carbonyl (C=O) groups excluding carboxylic acids is 1. The molecular formula is C25H21FN4O4. The number of nitrogen functional groups attached to an aromatic ring is 1. The molecule has 0 saturated heterocycles. The second-order valence-corrected chi connectivity index (χ2v) is 8.79. The first-order valence-electron chi connectivity index (χ1n) is 11.1. The van der Waals surface area contributed by atoms with Crippen molar-refractivity contribution in [3.05, 3.63) is 62.8 Å². The molecule has 3 N–H and O–H groups in total. The van der Waals surface area contributed by atoms with Crippen LogP contribution in [0, 0.1) is 5.82 Å². The summed E-state index contributed by atoms with van der Waals surface area (Å²) < 4.78 is 21.6. The van der Waals surface area contributed by atoms with Crippen LogP contribution in [0.5, 0.6) is 0 Å². The van der Waals surface area contributed by atoms with E-state index >= 15 is 0 Å². The number of aliphatic hydroxyl groups is 1. The molecular weight excluding hydrogens is 439 g/mol. The van der Waals surface area contributed by atoms with Gasteiger partial charge in [0.05, 0.1) is 40.9 Å². The maximum absolute atomic E-state index is 14.9. The number of carbonyl (C=O) groups is 1. The third kappa shape index (κ3) is 2.50. The van der Waals surface area contributed by atoms with E-state index in [-0.39, 0.29) is 41.8 Å². The zero-order chi connectivity index (χ0) is 23.9. The van der Waals surface area contributed by atoms with E-state index in [4.69, 9.17) is 15.5 Å². The molecule has 0 aliphatic carbocycles. The van der Waals surface area contributed by atoms with Crippen LogP contribution in [0.4, 0.5) is 10.1 Å². The van der Waals surface area contributed by atoms with Gasteiger partial charge in [-0.15, -0.1) is 0 Å². The SMILES string of the molecule is CCc1c2c(nc3cc(F)c4ncc(N)cc4c13)-c1cc3c(c(=O)n1C2)COC(=O)[C@]3(O)CC. The van der Waals surface area contributed by atoms with Crippen molar-refractivity contribution in [2.75, 3.05) is 5.73 Å². The van der Waals surface area contributed by atoms with Crippen LogP contribution in [-0.4, -0.2) is 25.6 Å². The van der Waals surface area contributed by atoms with Gasteiger partial charge in [0, 0.05) is 28.0 Å². The Hall–Kier alpha value is -3.85. The number of hydrogen-bond donors (Lipinski definition) is 2. The minimum absolute atomic E-state index is 0.0611. The van der Waals surface area contributed by atoms with Crippen molar-refractivity contribution in [2.24, 2.45) is 0 Å². The van der Waals surface area contributed by atoms with E-state index in [0.29, 0.717) is 34.4 Å². The first-order valence-corrected chi connectivity index (χ1v) is 11.1. The second-order valence-electron chi connectivity index (χ2n) is 8.79. The summed E-state index contributed by atoms with van der Waals surface area (Å²) in [6.07, 6.45) is 2.09. The molecule has 4 aromatic rings. The number of benzene rings is 1. The first kappa shape index (κ1) is 20.7. The highest BCUT2D eigenvalue weighted by Gasteiger charge is 2.45. The van der Waals surface area contributed by atoms with Gasteiger partial charge in [-0.25, -0.2) is 14.2 Å². The Labute approximate surface area is 192 Å².